The maximum atomic E-state index is 13.6. The zero-order chi connectivity index (χ0) is 26.9. The number of ether oxygens (including phenoxy) is 2. The first-order chi connectivity index (χ1) is 17.6. The van der Waals surface area contributed by atoms with Crippen LogP contribution in [0.15, 0.2) is 30.0 Å². The first-order valence-corrected chi connectivity index (χ1v) is 12.9. The molecule has 9 heteroatoms. The molecule has 0 bridgehead atoms. The Morgan fingerprint density at radius 1 is 1.19 bits per heavy atom. The summed E-state index contributed by atoms with van der Waals surface area (Å²) in [4.78, 5) is 30.7. The fourth-order valence-corrected chi connectivity index (χ4v) is 6.06. The van der Waals surface area contributed by atoms with E-state index in [4.69, 9.17) is 9.47 Å². The van der Waals surface area contributed by atoms with Crippen LogP contribution in [0.3, 0.4) is 0 Å². The Morgan fingerprint density at radius 3 is 2.46 bits per heavy atom. The van der Waals surface area contributed by atoms with Gasteiger partial charge in [-0.25, -0.2) is 4.79 Å². The van der Waals surface area contributed by atoms with Gasteiger partial charge in [0.05, 0.1) is 31.0 Å². The largest absolute Gasteiger partial charge is 0.497 e. The lowest BCUT2D eigenvalue weighted by Crippen LogP contribution is -2.60. The molecule has 1 N–H and O–H groups in total. The Labute approximate surface area is 219 Å². The number of likely N-dealkylation sites (N-methyl/N-ethyl adjacent to an activating group) is 1. The number of urea groups is 1. The van der Waals surface area contributed by atoms with Gasteiger partial charge in [-0.2, -0.15) is 5.10 Å². The van der Waals surface area contributed by atoms with E-state index in [9.17, 15) is 9.59 Å². The van der Waals surface area contributed by atoms with Gasteiger partial charge < -0.3 is 24.6 Å². The molecule has 9 nitrogen and oxygen atoms in total. The minimum absolute atomic E-state index is 0.00423. The number of aryl methyl sites for hydroxylation is 2. The lowest BCUT2D eigenvalue weighted by molar-refractivity contribution is 0.0512. The van der Waals surface area contributed by atoms with Crippen LogP contribution < -0.4 is 14.8 Å². The summed E-state index contributed by atoms with van der Waals surface area (Å²) in [5, 5.41) is 7.48. The fraction of sp³-hybridized carbons (Fsp3) is 0.536. The van der Waals surface area contributed by atoms with Crippen molar-refractivity contribution in [3.63, 3.8) is 0 Å². The monoisotopic (exact) mass is 509 g/mol. The normalized spacial score (nSPS) is 21.1. The number of allylic oxidation sites excluding steroid dienone is 1. The number of carbonyl (C=O) groups excluding carboxylic acids is 2. The summed E-state index contributed by atoms with van der Waals surface area (Å²) < 4.78 is 12.9. The topological polar surface area (TPSA) is 88.9 Å². The lowest BCUT2D eigenvalue weighted by atomic mass is 9.77. The zero-order valence-corrected chi connectivity index (χ0v) is 23.1. The number of amides is 3. The SMILES string of the molecule is CCN1C(=O)NCc2cc(OC)cc(OC)c2[C@@H](C)/C=C(\C)C12CCN(C(=O)c1cn(C)nc1C)CC2. The number of fused-ring (bicyclic) bond motifs is 1. The number of hydrogen-bond acceptors (Lipinski definition) is 5. The van der Waals surface area contributed by atoms with Crippen LogP contribution in [0.5, 0.6) is 11.5 Å². The summed E-state index contributed by atoms with van der Waals surface area (Å²) in [5.74, 6) is 1.49. The Kier molecular flexibility index (Phi) is 7.52. The third-order valence-electron chi connectivity index (χ3n) is 7.98. The molecule has 1 aromatic carbocycles. The van der Waals surface area contributed by atoms with Crippen LogP contribution in [-0.2, 0) is 13.6 Å². The molecular weight excluding hydrogens is 470 g/mol. The Bertz CT molecular complexity index is 1210. The second-order valence-electron chi connectivity index (χ2n) is 10.1. The van der Waals surface area contributed by atoms with E-state index in [2.05, 4.69) is 30.3 Å². The molecule has 2 aliphatic rings. The van der Waals surface area contributed by atoms with Crippen molar-refractivity contribution in [2.75, 3.05) is 33.9 Å². The smallest absolute Gasteiger partial charge is 0.318 e. The van der Waals surface area contributed by atoms with Gasteiger partial charge in [0.25, 0.3) is 5.91 Å². The molecule has 0 radical (unpaired) electrons. The van der Waals surface area contributed by atoms with Crippen molar-refractivity contribution in [3.05, 3.63) is 52.4 Å². The van der Waals surface area contributed by atoms with E-state index >= 15 is 0 Å². The van der Waals surface area contributed by atoms with Crippen LogP contribution in [0.2, 0.25) is 0 Å². The molecular formula is C28H39N5O4. The second kappa shape index (κ2) is 10.5. The summed E-state index contributed by atoms with van der Waals surface area (Å²) in [6.45, 7) is 10.2. The number of benzene rings is 1. The number of likely N-dealkylation sites (tertiary alicyclic amines) is 1. The van der Waals surface area contributed by atoms with Gasteiger partial charge in [-0.3, -0.25) is 9.48 Å². The number of nitrogens with zero attached hydrogens (tertiary/aromatic N) is 4. The highest BCUT2D eigenvalue weighted by Crippen LogP contribution is 2.41. The van der Waals surface area contributed by atoms with E-state index in [0.29, 0.717) is 50.3 Å². The van der Waals surface area contributed by atoms with Crippen LogP contribution in [-0.4, -0.2) is 70.9 Å². The number of carbonyl (C=O) groups is 2. The number of nitrogens with one attached hydrogen (secondary N) is 1. The first-order valence-electron chi connectivity index (χ1n) is 12.9. The molecule has 1 saturated heterocycles. The Balaban J connectivity index is 1.70. The molecule has 200 valence electrons. The van der Waals surface area contributed by atoms with Gasteiger partial charge in [0, 0.05) is 57.0 Å². The molecule has 3 amide bonds. The molecule has 37 heavy (non-hydrogen) atoms. The summed E-state index contributed by atoms with van der Waals surface area (Å²) in [7, 11) is 5.11. The van der Waals surface area contributed by atoms with E-state index in [1.165, 1.54) is 0 Å². The summed E-state index contributed by atoms with van der Waals surface area (Å²) in [6.07, 6.45) is 5.38. The summed E-state index contributed by atoms with van der Waals surface area (Å²) in [6, 6.07) is 3.75. The molecule has 4 rings (SSSR count). The number of methoxy groups -OCH3 is 2. The molecule has 1 fully saturated rings. The van der Waals surface area contributed by atoms with Gasteiger partial charge in [-0.05, 0) is 45.2 Å². The minimum Gasteiger partial charge on any atom is -0.497 e. The highest BCUT2D eigenvalue weighted by molar-refractivity contribution is 5.95. The summed E-state index contributed by atoms with van der Waals surface area (Å²) in [5.41, 5.74) is 4.03. The van der Waals surface area contributed by atoms with Gasteiger partial charge in [0.1, 0.15) is 11.5 Å². The molecule has 0 saturated carbocycles. The number of aromatic nitrogens is 2. The van der Waals surface area contributed by atoms with E-state index in [1.54, 1.807) is 25.1 Å². The van der Waals surface area contributed by atoms with Crippen molar-refractivity contribution in [2.45, 2.75) is 58.5 Å². The third kappa shape index (κ3) is 4.79. The predicted octanol–water partition coefficient (Wildman–Crippen LogP) is 4.02. The van der Waals surface area contributed by atoms with Gasteiger partial charge >= 0.3 is 6.03 Å². The van der Waals surface area contributed by atoms with Crippen LogP contribution in [0.25, 0.3) is 0 Å². The molecule has 2 aliphatic heterocycles. The van der Waals surface area contributed by atoms with Crippen molar-refractivity contribution >= 4 is 11.9 Å². The van der Waals surface area contributed by atoms with Crippen LogP contribution in [0.4, 0.5) is 4.79 Å². The van der Waals surface area contributed by atoms with Gasteiger partial charge in [-0.15, -0.1) is 0 Å². The molecule has 3 heterocycles. The maximum Gasteiger partial charge on any atom is 0.318 e. The molecule has 1 aromatic heterocycles. The Morgan fingerprint density at radius 2 is 1.89 bits per heavy atom. The van der Waals surface area contributed by atoms with E-state index in [0.717, 1.165) is 28.1 Å². The van der Waals surface area contributed by atoms with Crippen molar-refractivity contribution in [1.82, 2.24) is 24.9 Å². The van der Waals surface area contributed by atoms with Crippen LogP contribution in [0.1, 0.15) is 66.7 Å². The van der Waals surface area contributed by atoms with Gasteiger partial charge in [-0.1, -0.05) is 18.6 Å². The zero-order valence-electron chi connectivity index (χ0n) is 23.1. The highest BCUT2D eigenvalue weighted by atomic mass is 16.5. The van der Waals surface area contributed by atoms with Crippen LogP contribution in [0, 0.1) is 6.92 Å². The maximum absolute atomic E-state index is 13.6. The molecule has 2 aromatic rings. The predicted molar refractivity (Wildman–Crippen MR) is 142 cm³/mol. The molecule has 0 aliphatic carbocycles. The first kappa shape index (κ1) is 26.6. The van der Waals surface area contributed by atoms with E-state index in [-0.39, 0.29) is 17.9 Å². The second-order valence-corrected chi connectivity index (χ2v) is 10.1. The van der Waals surface area contributed by atoms with Gasteiger partial charge in [0.2, 0.25) is 0 Å². The highest BCUT2D eigenvalue weighted by Gasteiger charge is 2.44. The molecule has 1 atom stereocenters. The average Bonchev–Trinajstić information content (AvgIpc) is 3.23. The van der Waals surface area contributed by atoms with E-state index < -0.39 is 5.54 Å². The third-order valence-corrected chi connectivity index (χ3v) is 7.98. The number of piperidine rings is 1. The van der Waals surface area contributed by atoms with Gasteiger partial charge in [0.15, 0.2) is 0 Å². The van der Waals surface area contributed by atoms with Crippen LogP contribution >= 0.6 is 0 Å². The average molecular weight is 510 g/mol. The molecule has 0 unspecified atom stereocenters. The number of hydrogen-bond donors (Lipinski definition) is 1. The van der Waals surface area contributed by atoms with Crippen molar-refractivity contribution in [3.8, 4) is 11.5 Å². The Hall–Kier alpha value is -3.49. The lowest BCUT2D eigenvalue weighted by Gasteiger charge is -2.50. The fourth-order valence-electron chi connectivity index (χ4n) is 6.06. The van der Waals surface area contributed by atoms with Crippen molar-refractivity contribution in [1.29, 1.82) is 0 Å². The molecule has 1 spiro atoms. The number of rotatable bonds is 4. The van der Waals surface area contributed by atoms with Crippen molar-refractivity contribution < 1.29 is 19.1 Å². The van der Waals surface area contributed by atoms with Crippen molar-refractivity contribution in [2.24, 2.45) is 7.05 Å². The summed E-state index contributed by atoms with van der Waals surface area (Å²) >= 11 is 0. The van der Waals surface area contributed by atoms with E-state index in [1.807, 2.05) is 42.8 Å². The minimum atomic E-state index is -0.481. The standard InChI is InChI=1S/C28H39N5O4/c1-8-33-27(35)29-16-21-14-22(36-6)15-24(37-7)25(21)18(2)13-19(3)28(33)9-11-32(12-10-28)26(34)23-17-31(5)30-20(23)4/h13-15,17-18H,8-12,16H2,1-7H3,(H,29,35)/b19-13+/t18-/m0/s1. The quantitative estimate of drug-likeness (QED) is 0.629.